The molecular weight excluding hydrogens is 655 g/mol. The molecule has 2 nitrogen and oxygen atoms in total. The van der Waals surface area contributed by atoms with Gasteiger partial charge in [0.15, 0.2) is 0 Å². The highest BCUT2D eigenvalue weighted by atomic mass is 16.3. The number of hydrogen-bond acceptors (Lipinski definition) is 2. The van der Waals surface area contributed by atoms with Crippen molar-refractivity contribution in [3.05, 3.63) is 212 Å². The van der Waals surface area contributed by atoms with Crippen LogP contribution in [0.25, 0.3) is 77.2 Å². The van der Waals surface area contributed by atoms with Gasteiger partial charge in [0.1, 0.15) is 11.2 Å². The van der Waals surface area contributed by atoms with Crippen molar-refractivity contribution in [1.82, 2.24) is 0 Å². The number of hydrogen-bond donors (Lipinski definition) is 0. The molecule has 0 radical (unpaired) electrons. The molecule has 54 heavy (non-hydrogen) atoms. The quantitative estimate of drug-likeness (QED) is 0.165. The Morgan fingerprint density at radius 2 is 0.833 bits per heavy atom. The van der Waals surface area contributed by atoms with Gasteiger partial charge >= 0.3 is 0 Å². The second kappa shape index (κ2) is 13.4. The molecule has 0 N–H and O–H groups in total. The fraction of sp³-hybridized carbons (Fsp3) is 0. The monoisotopic (exact) mass is 698 g/mol. The summed E-state index contributed by atoms with van der Waals surface area (Å²) in [6, 6.07) is 48.5. The Morgan fingerprint density at radius 3 is 1.44 bits per heavy atom. The minimum atomic E-state index is -0.542. The summed E-state index contributed by atoms with van der Waals surface area (Å²) < 4.78 is 86.3. The second-order valence-electron chi connectivity index (χ2n) is 13.0. The summed E-state index contributed by atoms with van der Waals surface area (Å²) in [5.41, 5.74) is 9.17. The van der Waals surface area contributed by atoms with Crippen LogP contribution >= 0.6 is 0 Å². The fourth-order valence-corrected chi connectivity index (χ4v) is 7.16. The van der Waals surface area contributed by atoms with Crippen LogP contribution in [-0.2, 0) is 0 Å². The second-order valence-corrected chi connectivity index (χ2v) is 13.0. The zero-order chi connectivity index (χ0) is 43.7. The highest BCUT2D eigenvalue weighted by molar-refractivity contribution is 6.17. The van der Waals surface area contributed by atoms with Gasteiger partial charge in [-0.05, 0) is 75.1 Å². The standard InChI is InChI=1S/C52H35NO/c1-3-12-36(13-4-1)38-22-24-39(25-23-38)41-28-33-44(34-29-41)53(43-31-26-40(27-32-43)37-14-5-2-6-15-37)50-21-10-9-18-46(50)47-19-11-20-48-49-35-30-42-16-7-8-17-45(42)51(49)54-52(47)48/h1-35H/i7D,8D,11D,16D,17D,19D,20D,30D,35D. The maximum atomic E-state index is 9.40. The summed E-state index contributed by atoms with van der Waals surface area (Å²) in [6.07, 6.45) is 0. The maximum Gasteiger partial charge on any atom is 0.143 e. The summed E-state index contributed by atoms with van der Waals surface area (Å²) in [5.74, 6) is 0. The van der Waals surface area contributed by atoms with Crippen molar-refractivity contribution in [2.24, 2.45) is 0 Å². The zero-order valence-corrected chi connectivity index (χ0v) is 28.9. The zero-order valence-electron chi connectivity index (χ0n) is 37.9. The lowest BCUT2D eigenvalue weighted by Gasteiger charge is -2.28. The number of furan rings is 1. The normalized spacial score (nSPS) is 13.7. The SMILES string of the molecule is [2H]c1c([2H])c([2H])c2c(oc3c4c([2H])c([2H])c([2H])c([2H])c4c([2H])c([2H])c32)c1-c1ccccc1N(c1ccc(-c2ccccc2)cc1)c1ccc(-c2ccc(-c3ccccc3)cc2)cc1. The Kier molecular flexibility index (Phi) is 5.82. The largest absolute Gasteiger partial charge is 0.455 e. The number of anilines is 3. The lowest BCUT2D eigenvalue weighted by Crippen LogP contribution is -2.11. The Balaban J connectivity index is 1.19. The third-order valence-electron chi connectivity index (χ3n) is 9.84. The molecule has 0 saturated carbocycles. The van der Waals surface area contributed by atoms with Gasteiger partial charge in [-0.3, -0.25) is 0 Å². The number of para-hydroxylation sites is 2. The van der Waals surface area contributed by atoms with Gasteiger partial charge in [-0.15, -0.1) is 0 Å². The molecule has 0 aliphatic rings. The number of benzene rings is 9. The van der Waals surface area contributed by atoms with Crippen molar-refractivity contribution in [3.8, 4) is 44.5 Å². The van der Waals surface area contributed by atoms with E-state index in [0.717, 1.165) is 44.8 Å². The molecule has 0 saturated heterocycles. The van der Waals surface area contributed by atoms with Crippen molar-refractivity contribution in [2.45, 2.75) is 0 Å². The van der Waals surface area contributed by atoms with Crippen LogP contribution in [0.2, 0.25) is 0 Å². The predicted molar refractivity (Wildman–Crippen MR) is 228 cm³/mol. The summed E-state index contributed by atoms with van der Waals surface area (Å²) in [5, 5.41) is -0.278. The van der Waals surface area contributed by atoms with E-state index in [1.807, 2.05) is 97.1 Å². The molecule has 0 spiro atoms. The smallest absolute Gasteiger partial charge is 0.143 e. The van der Waals surface area contributed by atoms with Crippen molar-refractivity contribution in [1.29, 1.82) is 0 Å². The van der Waals surface area contributed by atoms with Gasteiger partial charge in [0.05, 0.1) is 18.0 Å². The Labute approximate surface area is 327 Å². The first kappa shape index (κ1) is 23.4. The van der Waals surface area contributed by atoms with E-state index in [2.05, 4.69) is 65.6 Å². The van der Waals surface area contributed by atoms with Crippen LogP contribution in [0.15, 0.2) is 217 Å². The minimum absolute atomic E-state index is 0.00457. The van der Waals surface area contributed by atoms with E-state index in [0.29, 0.717) is 11.3 Å². The maximum absolute atomic E-state index is 9.40. The topological polar surface area (TPSA) is 16.4 Å². The van der Waals surface area contributed by atoms with E-state index < -0.39 is 42.3 Å². The van der Waals surface area contributed by atoms with Crippen LogP contribution in [0.4, 0.5) is 17.1 Å². The van der Waals surface area contributed by atoms with Gasteiger partial charge in [0, 0.05) is 38.7 Å². The van der Waals surface area contributed by atoms with Crippen molar-refractivity contribution < 1.29 is 16.8 Å². The number of fused-ring (bicyclic) bond motifs is 5. The molecule has 0 unspecified atom stereocenters. The average molecular weight is 699 g/mol. The Morgan fingerprint density at radius 1 is 0.352 bits per heavy atom. The molecule has 1 aromatic heterocycles. The van der Waals surface area contributed by atoms with E-state index in [1.54, 1.807) is 0 Å². The first-order valence-electron chi connectivity index (χ1n) is 22.2. The highest BCUT2D eigenvalue weighted by Gasteiger charge is 2.21. The lowest BCUT2D eigenvalue weighted by atomic mass is 9.98. The molecule has 1 heterocycles. The van der Waals surface area contributed by atoms with Crippen LogP contribution in [0.1, 0.15) is 12.3 Å². The molecule has 0 atom stereocenters. The summed E-state index contributed by atoms with van der Waals surface area (Å²) >= 11 is 0. The molecule has 10 rings (SSSR count). The van der Waals surface area contributed by atoms with Gasteiger partial charge in [-0.1, -0.05) is 176 Å². The summed E-state index contributed by atoms with van der Waals surface area (Å²) in [7, 11) is 0. The molecule has 0 fully saturated rings. The highest BCUT2D eigenvalue weighted by Crippen LogP contribution is 2.45. The third-order valence-corrected chi connectivity index (χ3v) is 9.84. The average Bonchev–Trinajstić information content (AvgIpc) is 3.72. The van der Waals surface area contributed by atoms with Crippen LogP contribution < -0.4 is 4.90 Å². The van der Waals surface area contributed by atoms with Crippen molar-refractivity contribution in [2.75, 3.05) is 4.90 Å². The van der Waals surface area contributed by atoms with Gasteiger partial charge in [0.25, 0.3) is 0 Å². The Bertz CT molecular complexity index is 3410. The van der Waals surface area contributed by atoms with E-state index in [-0.39, 0.29) is 50.4 Å². The Hall–Kier alpha value is -7.16. The minimum Gasteiger partial charge on any atom is -0.455 e. The van der Waals surface area contributed by atoms with E-state index in [1.165, 1.54) is 0 Å². The first-order chi connectivity index (χ1) is 30.5. The molecule has 2 heteroatoms. The summed E-state index contributed by atoms with van der Waals surface area (Å²) in [4.78, 5) is 2.06. The van der Waals surface area contributed by atoms with Crippen molar-refractivity contribution >= 4 is 49.8 Å². The molecule has 10 aromatic rings. The fourth-order valence-electron chi connectivity index (χ4n) is 7.16. The van der Waals surface area contributed by atoms with Crippen LogP contribution in [-0.4, -0.2) is 0 Å². The molecule has 9 aromatic carbocycles. The van der Waals surface area contributed by atoms with Crippen LogP contribution in [0.5, 0.6) is 0 Å². The van der Waals surface area contributed by atoms with E-state index >= 15 is 0 Å². The third kappa shape index (κ3) is 5.62. The van der Waals surface area contributed by atoms with Crippen LogP contribution in [0.3, 0.4) is 0 Å². The molecule has 0 aliphatic heterocycles. The summed E-state index contributed by atoms with van der Waals surface area (Å²) in [6.45, 7) is 0. The van der Waals surface area contributed by atoms with E-state index in [4.69, 9.17) is 15.4 Å². The molecule has 0 aliphatic carbocycles. The number of nitrogens with zero attached hydrogens (tertiary/aromatic N) is 1. The van der Waals surface area contributed by atoms with Gasteiger partial charge in [0.2, 0.25) is 0 Å². The number of rotatable bonds is 7. The van der Waals surface area contributed by atoms with Gasteiger partial charge in [-0.25, -0.2) is 0 Å². The molecule has 0 bridgehead atoms. The molecular formula is C52H35NO. The molecule has 0 amide bonds. The van der Waals surface area contributed by atoms with Gasteiger partial charge < -0.3 is 9.32 Å². The molecule has 254 valence electrons. The predicted octanol–water partition coefficient (Wildman–Crippen LogP) is 14.9. The lowest BCUT2D eigenvalue weighted by molar-refractivity contribution is 0.674. The van der Waals surface area contributed by atoms with Gasteiger partial charge in [-0.2, -0.15) is 0 Å². The first-order valence-corrected chi connectivity index (χ1v) is 17.7. The van der Waals surface area contributed by atoms with Crippen LogP contribution in [0, 0.1) is 0 Å². The van der Waals surface area contributed by atoms with Crippen molar-refractivity contribution in [3.63, 3.8) is 0 Å². The van der Waals surface area contributed by atoms with E-state index in [9.17, 15) is 1.37 Å².